The van der Waals surface area contributed by atoms with Gasteiger partial charge in [-0.3, -0.25) is 0 Å². The predicted molar refractivity (Wildman–Crippen MR) is 206 cm³/mol. The van der Waals surface area contributed by atoms with Crippen LogP contribution in [0.2, 0.25) is 0 Å². The summed E-state index contributed by atoms with van der Waals surface area (Å²) in [5.74, 6) is 0.712. The first-order valence-electron chi connectivity index (χ1n) is 16.7. The summed E-state index contributed by atoms with van der Waals surface area (Å²) in [6, 6.07) is 60.3. The average molecular weight is 624 g/mol. The standard InChI is InChI=1S/C46H29N3/c1-3-15-33-29(12-1)14-11-21-34(33)30-24-26-31(27-25-30)44-39-20-8-10-23-42(39)48-46(49-44)37-18-6-5-17-36(37)40-28-32-13-2-4-16-35(32)45-43(40)38-19-7-9-22-41(38)47-45/h1-28,47H. The number of nitrogens with zero attached hydrogens (tertiary/aromatic N) is 2. The number of H-pyrrole nitrogens is 1. The Balaban J connectivity index is 1.17. The molecule has 0 saturated carbocycles. The summed E-state index contributed by atoms with van der Waals surface area (Å²) < 4.78 is 0. The van der Waals surface area contributed by atoms with Crippen LogP contribution >= 0.6 is 0 Å². The van der Waals surface area contributed by atoms with Gasteiger partial charge in [0.05, 0.1) is 16.7 Å². The van der Waals surface area contributed by atoms with Crippen molar-refractivity contribution >= 4 is 54.3 Å². The second-order valence-corrected chi connectivity index (χ2v) is 12.6. The first-order valence-corrected chi connectivity index (χ1v) is 16.7. The number of aromatic nitrogens is 3. The molecule has 0 aliphatic carbocycles. The Morgan fingerprint density at radius 1 is 0.388 bits per heavy atom. The molecule has 0 spiro atoms. The molecule has 0 radical (unpaired) electrons. The van der Waals surface area contributed by atoms with Crippen molar-refractivity contribution in [1.29, 1.82) is 0 Å². The molecule has 2 heterocycles. The molecule has 0 fully saturated rings. The molecule has 0 amide bonds. The largest absolute Gasteiger partial charge is 0.354 e. The maximum Gasteiger partial charge on any atom is 0.161 e. The lowest BCUT2D eigenvalue weighted by atomic mass is 9.92. The summed E-state index contributed by atoms with van der Waals surface area (Å²) in [5.41, 5.74) is 10.9. The van der Waals surface area contributed by atoms with Gasteiger partial charge in [-0.1, -0.05) is 152 Å². The van der Waals surface area contributed by atoms with Crippen LogP contribution in [0.4, 0.5) is 0 Å². The van der Waals surface area contributed by atoms with Crippen molar-refractivity contribution < 1.29 is 0 Å². The topological polar surface area (TPSA) is 41.6 Å². The van der Waals surface area contributed by atoms with Gasteiger partial charge in [0.25, 0.3) is 0 Å². The van der Waals surface area contributed by atoms with E-state index in [9.17, 15) is 0 Å². The monoisotopic (exact) mass is 623 g/mol. The Morgan fingerprint density at radius 3 is 1.86 bits per heavy atom. The molecule has 228 valence electrons. The lowest BCUT2D eigenvalue weighted by Gasteiger charge is -2.15. The Kier molecular flexibility index (Phi) is 6.18. The van der Waals surface area contributed by atoms with Crippen LogP contribution in [0.5, 0.6) is 0 Å². The minimum Gasteiger partial charge on any atom is -0.354 e. The quantitative estimate of drug-likeness (QED) is 0.212. The van der Waals surface area contributed by atoms with Gasteiger partial charge in [-0.25, -0.2) is 9.97 Å². The number of aromatic amines is 1. The van der Waals surface area contributed by atoms with E-state index in [-0.39, 0.29) is 0 Å². The van der Waals surface area contributed by atoms with Crippen LogP contribution in [0.3, 0.4) is 0 Å². The minimum atomic E-state index is 0.712. The van der Waals surface area contributed by atoms with Gasteiger partial charge in [0.1, 0.15) is 0 Å². The highest BCUT2D eigenvalue weighted by atomic mass is 14.9. The Hall–Kier alpha value is -6.58. The van der Waals surface area contributed by atoms with Crippen LogP contribution in [0.15, 0.2) is 170 Å². The van der Waals surface area contributed by atoms with E-state index in [1.54, 1.807) is 0 Å². The molecule has 3 heteroatoms. The average Bonchev–Trinajstić information content (AvgIpc) is 3.57. The third-order valence-electron chi connectivity index (χ3n) is 9.83. The zero-order valence-corrected chi connectivity index (χ0v) is 26.6. The molecule has 0 unspecified atom stereocenters. The molecule has 0 saturated heterocycles. The maximum absolute atomic E-state index is 5.35. The van der Waals surface area contributed by atoms with Gasteiger partial charge in [0, 0.05) is 38.2 Å². The minimum absolute atomic E-state index is 0.712. The smallest absolute Gasteiger partial charge is 0.161 e. The van der Waals surface area contributed by atoms with Crippen LogP contribution in [0.1, 0.15) is 0 Å². The normalized spacial score (nSPS) is 11.7. The molecule has 0 bridgehead atoms. The van der Waals surface area contributed by atoms with Gasteiger partial charge in [-0.05, 0) is 56.6 Å². The lowest BCUT2D eigenvalue weighted by molar-refractivity contribution is 1.23. The molecule has 8 aromatic carbocycles. The molecule has 49 heavy (non-hydrogen) atoms. The summed E-state index contributed by atoms with van der Waals surface area (Å²) >= 11 is 0. The summed E-state index contributed by atoms with van der Waals surface area (Å²) in [5, 5.41) is 8.36. The molecule has 0 atom stereocenters. The summed E-state index contributed by atoms with van der Waals surface area (Å²) in [7, 11) is 0. The van der Waals surface area contributed by atoms with Crippen LogP contribution in [-0.2, 0) is 0 Å². The van der Waals surface area contributed by atoms with E-state index in [4.69, 9.17) is 9.97 Å². The number of rotatable bonds is 4. The van der Waals surface area contributed by atoms with Gasteiger partial charge in [-0.15, -0.1) is 0 Å². The number of benzene rings is 8. The van der Waals surface area contributed by atoms with E-state index < -0.39 is 0 Å². The second-order valence-electron chi connectivity index (χ2n) is 12.6. The van der Waals surface area contributed by atoms with Gasteiger partial charge in [0.2, 0.25) is 0 Å². The van der Waals surface area contributed by atoms with Crippen molar-refractivity contribution in [3.63, 3.8) is 0 Å². The third kappa shape index (κ3) is 4.44. The van der Waals surface area contributed by atoms with E-state index in [0.29, 0.717) is 5.82 Å². The highest BCUT2D eigenvalue weighted by molar-refractivity contribution is 6.23. The zero-order valence-electron chi connectivity index (χ0n) is 26.6. The molecule has 2 aromatic heterocycles. The Morgan fingerprint density at radius 2 is 1.00 bits per heavy atom. The number of hydrogen-bond donors (Lipinski definition) is 1. The van der Waals surface area contributed by atoms with Crippen molar-refractivity contribution in [1.82, 2.24) is 15.0 Å². The first-order chi connectivity index (χ1) is 24.3. The van der Waals surface area contributed by atoms with Crippen molar-refractivity contribution in [2.75, 3.05) is 0 Å². The van der Waals surface area contributed by atoms with Crippen LogP contribution in [-0.4, -0.2) is 15.0 Å². The third-order valence-corrected chi connectivity index (χ3v) is 9.83. The number of nitrogens with one attached hydrogen (secondary N) is 1. The van der Waals surface area contributed by atoms with Gasteiger partial charge in [0.15, 0.2) is 5.82 Å². The van der Waals surface area contributed by atoms with Crippen LogP contribution < -0.4 is 0 Å². The number of fused-ring (bicyclic) bond motifs is 7. The maximum atomic E-state index is 5.35. The Bertz CT molecular complexity index is 2880. The zero-order chi connectivity index (χ0) is 32.3. The molecular formula is C46H29N3. The predicted octanol–water partition coefficient (Wildman–Crippen LogP) is 12.2. The fourth-order valence-corrected chi connectivity index (χ4v) is 7.53. The second kappa shape index (κ2) is 11.0. The van der Waals surface area contributed by atoms with E-state index in [1.165, 1.54) is 49.0 Å². The van der Waals surface area contributed by atoms with E-state index >= 15 is 0 Å². The van der Waals surface area contributed by atoms with Crippen LogP contribution in [0.25, 0.3) is 99.2 Å². The Labute approximate surface area is 283 Å². The summed E-state index contributed by atoms with van der Waals surface area (Å²) in [6.07, 6.45) is 0. The molecule has 0 aliphatic heterocycles. The molecule has 10 aromatic rings. The van der Waals surface area contributed by atoms with E-state index in [1.807, 2.05) is 0 Å². The van der Waals surface area contributed by atoms with Crippen LogP contribution in [0, 0.1) is 0 Å². The fraction of sp³-hybridized carbons (Fsp3) is 0. The molecule has 10 rings (SSSR count). The summed E-state index contributed by atoms with van der Waals surface area (Å²) in [6.45, 7) is 0. The number of hydrogen-bond acceptors (Lipinski definition) is 2. The molecule has 0 aliphatic rings. The molecule has 1 N–H and O–H groups in total. The highest BCUT2D eigenvalue weighted by Gasteiger charge is 2.19. The van der Waals surface area contributed by atoms with Crippen molar-refractivity contribution in [2.24, 2.45) is 0 Å². The number of para-hydroxylation sites is 2. The van der Waals surface area contributed by atoms with Crippen molar-refractivity contribution in [3.8, 4) is 44.9 Å². The van der Waals surface area contributed by atoms with Gasteiger partial charge >= 0.3 is 0 Å². The van der Waals surface area contributed by atoms with E-state index in [0.717, 1.165) is 44.3 Å². The molecule has 3 nitrogen and oxygen atoms in total. The highest BCUT2D eigenvalue weighted by Crippen LogP contribution is 2.43. The van der Waals surface area contributed by atoms with Gasteiger partial charge < -0.3 is 4.98 Å². The summed E-state index contributed by atoms with van der Waals surface area (Å²) in [4.78, 5) is 14.3. The fourth-order valence-electron chi connectivity index (χ4n) is 7.53. The first kappa shape index (κ1) is 27.5. The lowest BCUT2D eigenvalue weighted by Crippen LogP contribution is -1.97. The SMILES string of the molecule is c1ccc(-c2cc3ccccc3c3[nH]c4ccccc4c23)c(-c2nc(-c3ccc(-c4cccc5ccccc45)cc3)c3ccccc3n2)c1. The van der Waals surface area contributed by atoms with Crippen molar-refractivity contribution in [3.05, 3.63) is 170 Å². The van der Waals surface area contributed by atoms with E-state index in [2.05, 4.69) is 175 Å². The van der Waals surface area contributed by atoms with Crippen molar-refractivity contribution in [2.45, 2.75) is 0 Å². The molecular weight excluding hydrogens is 595 g/mol. The van der Waals surface area contributed by atoms with Gasteiger partial charge in [-0.2, -0.15) is 0 Å².